The summed E-state index contributed by atoms with van der Waals surface area (Å²) in [5.74, 6) is 1.77. The molecule has 0 aliphatic heterocycles. The molecular formula is C51H32N4O. The Bertz CT molecular complexity index is 3220. The Morgan fingerprint density at radius 3 is 1.64 bits per heavy atom. The lowest BCUT2D eigenvalue weighted by Gasteiger charge is -2.09. The van der Waals surface area contributed by atoms with Crippen LogP contribution in [-0.4, -0.2) is 19.5 Å². The van der Waals surface area contributed by atoms with Crippen molar-refractivity contribution >= 4 is 43.7 Å². The Labute approximate surface area is 322 Å². The molecule has 0 aliphatic carbocycles. The van der Waals surface area contributed by atoms with Gasteiger partial charge in [0.2, 0.25) is 0 Å². The molecule has 262 valence electrons. The largest absolute Gasteiger partial charge is 0.455 e. The first-order valence-corrected chi connectivity index (χ1v) is 18.8. The number of hydrogen-bond donors (Lipinski definition) is 0. The molecule has 0 aliphatic rings. The quantitative estimate of drug-likeness (QED) is 0.172. The average molecular weight is 717 g/mol. The van der Waals surface area contributed by atoms with Crippen LogP contribution in [0.2, 0.25) is 0 Å². The fraction of sp³-hybridized carbons (Fsp3) is 0. The van der Waals surface area contributed by atoms with Crippen LogP contribution in [0.15, 0.2) is 199 Å². The Hall–Kier alpha value is -7.63. The van der Waals surface area contributed by atoms with Gasteiger partial charge in [0.1, 0.15) is 11.2 Å². The second-order valence-corrected chi connectivity index (χ2v) is 14.0. The molecule has 0 saturated carbocycles. The molecule has 3 aromatic heterocycles. The molecule has 11 rings (SSSR count). The van der Waals surface area contributed by atoms with Gasteiger partial charge in [0.15, 0.2) is 17.5 Å². The van der Waals surface area contributed by atoms with Crippen LogP contribution >= 0.6 is 0 Å². The standard InChI is InChI=1S/C51H32N4O/c1-4-13-33(14-5-1)34-23-25-36(26-24-34)50-52-49(35-15-6-2-7-16-35)53-51(54-50)43-21-12-20-42-41-29-27-38(32-47(41)56-48(42)43)37-28-30-46-44(31-37)40-19-10-11-22-45(40)55(46)39-17-8-3-9-18-39/h1-32H. The molecule has 0 unspecified atom stereocenters. The summed E-state index contributed by atoms with van der Waals surface area (Å²) < 4.78 is 9.11. The van der Waals surface area contributed by atoms with E-state index in [4.69, 9.17) is 19.4 Å². The van der Waals surface area contributed by atoms with Crippen molar-refractivity contribution in [1.29, 1.82) is 0 Å². The SMILES string of the molecule is c1ccc(-c2ccc(-c3nc(-c4ccccc4)nc(-c4cccc5c4oc4cc(-c6ccc7c(c6)c6ccccc6n7-c6ccccc6)ccc45)n3)cc2)cc1. The molecular weight excluding hydrogens is 685 g/mol. The van der Waals surface area contributed by atoms with E-state index in [1.165, 1.54) is 21.8 Å². The highest BCUT2D eigenvalue weighted by molar-refractivity contribution is 6.12. The van der Waals surface area contributed by atoms with Gasteiger partial charge in [-0.25, -0.2) is 15.0 Å². The molecule has 11 aromatic rings. The molecule has 0 amide bonds. The van der Waals surface area contributed by atoms with E-state index in [1.54, 1.807) is 0 Å². The molecule has 5 nitrogen and oxygen atoms in total. The summed E-state index contributed by atoms with van der Waals surface area (Å²) in [5, 5.41) is 4.49. The van der Waals surface area contributed by atoms with Gasteiger partial charge in [-0.3, -0.25) is 0 Å². The van der Waals surface area contributed by atoms with Gasteiger partial charge in [-0.1, -0.05) is 146 Å². The van der Waals surface area contributed by atoms with Crippen LogP contribution in [-0.2, 0) is 0 Å². The van der Waals surface area contributed by atoms with E-state index in [2.05, 4.69) is 156 Å². The lowest BCUT2D eigenvalue weighted by molar-refractivity contribution is 0.669. The topological polar surface area (TPSA) is 56.7 Å². The Morgan fingerprint density at radius 1 is 0.339 bits per heavy atom. The summed E-state index contributed by atoms with van der Waals surface area (Å²) in [6.07, 6.45) is 0. The minimum absolute atomic E-state index is 0.561. The van der Waals surface area contributed by atoms with E-state index in [0.717, 1.165) is 66.6 Å². The predicted molar refractivity (Wildman–Crippen MR) is 229 cm³/mol. The molecule has 8 aromatic carbocycles. The van der Waals surface area contributed by atoms with Crippen molar-refractivity contribution in [1.82, 2.24) is 19.5 Å². The first-order valence-electron chi connectivity index (χ1n) is 18.8. The second kappa shape index (κ2) is 13.0. The van der Waals surface area contributed by atoms with Crippen LogP contribution in [0.5, 0.6) is 0 Å². The molecule has 3 heterocycles. The van der Waals surface area contributed by atoms with Gasteiger partial charge in [-0.2, -0.15) is 0 Å². The maximum absolute atomic E-state index is 6.77. The third-order valence-electron chi connectivity index (χ3n) is 10.7. The van der Waals surface area contributed by atoms with Crippen LogP contribution in [0.3, 0.4) is 0 Å². The summed E-state index contributed by atoms with van der Waals surface area (Å²) in [6, 6.07) is 67.5. The van der Waals surface area contributed by atoms with Crippen LogP contribution in [0, 0.1) is 0 Å². The summed E-state index contributed by atoms with van der Waals surface area (Å²) in [5.41, 5.74) is 12.2. The molecule has 56 heavy (non-hydrogen) atoms. The zero-order chi connectivity index (χ0) is 37.0. The van der Waals surface area contributed by atoms with E-state index in [9.17, 15) is 0 Å². The van der Waals surface area contributed by atoms with Gasteiger partial charge in [0.05, 0.1) is 16.6 Å². The highest BCUT2D eigenvalue weighted by atomic mass is 16.3. The third kappa shape index (κ3) is 5.37. The van der Waals surface area contributed by atoms with Gasteiger partial charge in [0.25, 0.3) is 0 Å². The number of aromatic nitrogens is 4. The third-order valence-corrected chi connectivity index (χ3v) is 10.7. The second-order valence-electron chi connectivity index (χ2n) is 14.0. The lowest BCUT2D eigenvalue weighted by Crippen LogP contribution is -2.00. The van der Waals surface area contributed by atoms with Gasteiger partial charge >= 0.3 is 0 Å². The summed E-state index contributed by atoms with van der Waals surface area (Å²) >= 11 is 0. The Morgan fingerprint density at radius 2 is 0.875 bits per heavy atom. The number of para-hydroxylation sites is 3. The van der Waals surface area contributed by atoms with Crippen LogP contribution < -0.4 is 0 Å². The average Bonchev–Trinajstić information content (AvgIpc) is 3.82. The first kappa shape index (κ1) is 31.9. The van der Waals surface area contributed by atoms with Crippen molar-refractivity contribution in [2.24, 2.45) is 0 Å². The van der Waals surface area contributed by atoms with E-state index in [0.29, 0.717) is 17.5 Å². The molecule has 0 atom stereocenters. The normalized spacial score (nSPS) is 11.6. The van der Waals surface area contributed by atoms with Crippen molar-refractivity contribution in [2.45, 2.75) is 0 Å². The highest BCUT2D eigenvalue weighted by Gasteiger charge is 2.19. The van der Waals surface area contributed by atoms with Gasteiger partial charge < -0.3 is 8.98 Å². The van der Waals surface area contributed by atoms with Crippen LogP contribution in [0.1, 0.15) is 0 Å². The summed E-state index contributed by atoms with van der Waals surface area (Å²) in [4.78, 5) is 15.1. The molecule has 5 heteroatoms. The fourth-order valence-corrected chi connectivity index (χ4v) is 7.95. The minimum Gasteiger partial charge on any atom is -0.455 e. The van der Waals surface area contributed by atoms with E-state index >= 15 is 0 Å². The monoisotopic (exact) mass is 716 g/mol. The molecule has 0 spiro atoms. The number of fused-ring (bicyclic) bond motifs is 6. The van der Waals surface area contributed by atoms with Crippen molar-refractivity contribution in [3.63, 3.8) is 0 Å². The lowest BCUT2D eigenvalue weighted by atomic mass is 10.0. The highest BCUT2D eigenvalue weighted by Crippen LogP contribution is 2.39. The van der Waals surface area contributed by atoms with E-state index < -0.39 is 0 Å². The minimum atomic E-state index is 0.561. The van der Waals surface area contributed by atoms with Gasteiger partial charge in [-0.15, -0.1) is 0 Å². The zero-order valence-electron chi connectivity index (χ0n) is 30.2. The van der Waals surface area contributed by atoms with E-state index in [-0.39, 0.29) is 0 Å². The maximum Gasteiger partial charge on any atom is 0.167 e. The Kier molecular flexibility index (Phi) is 7.42. The Balaban J connectivity index is 1.03. The van der Waals surface area contributed by atoms with E-state index in [1.807, 2.05) is 42.5 Å². The zero-order valence-corrected chi connectivity index (χ0v) is 30.2. The fourth-order valence-electron chi connectivity index (χ4n) is 7.95. The molecule has 0 fully saturated rings. The number of nitrogens with zero attached hydrogens (tertiary/aromatic N) is 4. The predicted octanol–water partition coefficient (Wildman–Crippen LogP) is 13.2. The summed E-state index contributed by atoms with van der Waals surface area (Å²) in [7, 11) is 0. The molecule has 0 N–H and O–H groups in total. The van der Waals surface area contributed by atoms with Crippen molar-refractivity contribution < 1.29 is 4.42 Å². The number of furan rings is 1. The van der Waals surface area contributed by atoms with Crippen molar-refractivity contribution in [3.8, 4) is 62.1 Å². The molecule has 0 radical (unpaired) electrons. The van der Waals surface area contributed by atoms with Crippen LogP contribution in [0.25, 0.3) is 106 Å². The smallest absolute Gasteiger partial charge is 0.167 e. The van der Waals surface area contributed by atoms with Gasteiger partial charge in [-0.05, 0) is 70.8 Å². The molecule has 0 saturated heterocycles. The number of rotatable bonds is 6. The maximum atomic E-state index is 6.77. The number of benzene rings is 8. The van der Waals surface area contributed by atoms with Crippen molar-refractivity contribution in [3.05, 3.63) is 194 Å². The molecule has 0 bridgehead atoms. The van der Waals surface area contributed by atoms with Crippen LogP contribution in [0.4, 0.5) is 0 Å². The summed E-state index contributed by atoms with van der Waals surface area (Å²) in [6.45, 7) is 0. The van der Waals surface area contributed by atoms with Gasteiger partial charge in [0, 0.05) is 38.4 Å². The first-order chi connectivity index (χ1) is 27.7. The van der Waals surface area contributed by atoms with Crippen molar-refractivity contribution in [2.75, 3.05) is 0 Å². The number of hydrogen-bond acceptors (Lipinski definition) is 4.